The molecular weight excluding hydrogens is 224 g/mol. The number of benzene rings is 1. The van der Waals surface area contributed by atoms with E-state index in [-0.39, 0.29) is 5.54 Å². The monoisotopic (exact) mass is 246 g/mol. The number of likely N-dealkylation sites (N-methyl/N-ethyl adjacent to an activating group) is 1. The Bertz CT molecular complexity index is 446. The first-order valence-corrected chi connectivity index (χ1v) is 6.88. The summed E-state index contributed by atoms with van der Waals surface area (Å²) in [5, 5.41) is 3.40. The van der Waals surface area contributed by atoms with E-state index < -0.39 is 0 Å². The first-order chi connectivity index (χ1) is 8.67. The SMILES string of the molecule is CN1CCCC1(C)COc1ccc2c(c1)NCC2. The van der Waals surface area contributed by atoms with Crippen LogP contribution in [0.5, 0.6) is 5.75 Å². The quantitative estimate of drug-likeness (QED) is 0.887. The summed E-state index contributed by atoms with van der Waals surface area (Å²) in [5.41, 5.74) is 2.86. The highest BCUT2D eigenvalue weighted by Crippen LogP contribution is 2.30. The average Bonchev–Trinajstić information content (AvgIpc) is 2.95. The van der Waals surface area contributed by atoms with Crippen molar-refractivity contribution in [3.05, 3.63) is 23.8 Å². The fraction of sp³-hybridized carbons (Fsp3) is 0.600. The van der Waals surface area contributed by atoms with Crippen molar-refractivity contribution in [1.29, 1.82) is 0 Å². The Hall–Kier alpha value is -1.22. The molecule has 1 N–H and O–H groups in total. The molecule has 2 aliphatic heterocycles. The predicted octanol–water partition coefficient (Wildman–Crippen LogP) is 2.52. The Morgan fingerprint density at radius 3 is 3.11 bits per heavy atom. The molecule has 98 valence electrons. The third-order valence-electron chi connectivity index (χ3n) is 4.47. The fourth-order valence-corrected chi connectivity index (χ4v) is 2.94. The number of nitrogens with zero attached hydrogens (tertiary/aromatic N) is 1. The van der Waals surface area contributed by atoms with Gasteiger partial charge in [0.15, 0.2) is 0 Å². The maximum Gasteiger partial charge on any atom is 0.121 e. The molecule has 1 fully saturated rings. The minimum absolute atomic E-state index is 0.201. The Morgan fingerprint density at radius 1 is 1.44 bits per heavy atom. The molecule has 1 atom stereocenters. The van der Waals surface area contributed by atoms with Gasteiger partial charge >= 0.3 is 0 Å². The summed E-state index contributed by atoms with van der Waals surface area (Å²) in [6, 6.07) is 6.43. The van der Waals surface area contributed by atoms with Crippen LogP contribution in [0, 0.1) is 0 Å². The van der Waals surface area contributed by atoms with Gasteiger partial charge in [-0.05, 0) is 51.4 Å². The zero-order valence-electron chi connectivity index (χ0n) is 11.3. The lowest BCUT2D eigenvalue weighted by atomic mass is 10.0. The third kappa shape index (κ3) is 2.07. The van der Waals surface area contributed by atoms with Crippen molar-refractivity contribution in [3.8, 4) is 5.75 Å². The molecule has 3 heteroatoms. The number of rotatable bonds is 3. The third-order valence-corrected chi connectivity index (χ3v) is 4.47. The van der Waals surface area contributed by atoms with Gasteiger partial charge in [-0.25, -0.2) is 0 Å². The van der Waals surface area contributed by atoms with E-state index in [2.05, 4.69) is 42.4 Å². The van der Waals surface area contributed by atoms with Crippen LogP contribution in [0.25, 0.3) is 0 Å². The van der Waals surface area contributed by atoms with Crippen LogP contribution in [0.2, 0.25) is 0 Å². The summed E-state index contributed by atoms with van der Waals surface area (Å²) in [7, 11) is 2.20. The van der Waals surface area contributed by atoms with E-state index in [9.17, 15) is 0 Å². The summed E-state index contributed by atoms with van der Waals surface area (Å²) >= 11 is 0. The molecule has 18 heavy (non-hydrogen) atoms. The van der Waals surface area contributed by atoms with E-state index in [1.54, 1.807) is 0 Å². The number of hydrogen-bond donors (Lipinski definition) is 1. The molecule has 0 aliphatic carbocycles. The maximum absolute atomic E-state index is 6.01. The first-order valence-electron chi connectivity index (χ1n) is 6.88. The lowest BCUT2D eigenvalue weighted by molar-refractivity contribution is 0.114. The highest BCUT2D eigenvalue weighted by molar-refractivity contribution is 5.58. The lowest BCUT2D eigenvalue weighted by Crippen LogP contribution is -2.43. The summed E-state index contributed by atoms with van der Waals surface area (Å²) in [5.74, 6) is 0.990. The van der Waals surface area contributed by atoms with E-state index in [1.165, 1.54) is 30.6 Å². The number of likely N-dealkylation sites (tertiary alicyclic amines) is 1. The minimum Gasteiger partial charge on any atom is -0.492 e. The van der Waals surface area contributed by atoms with Gasteiger partial charge in [0, 0.05) is 18.3 Å². The van der Waals surface area contributed by atoms with Gasteiger partial charge < -0.3 is 10.1 Å². The molecule has 1 saturated heterocycles. The Morgan fingerprint density at radius 2 is 2.33 bits per heavy atom. The van der Waals surface area contributed by atoms with Crippen molar-refractivity contribution in [2.24, 2.45) is 0 Å². The van der Waals surface area contributed by atoms with Crippen LogP contribution < -0.4 is 10.1 Å². The van der Waals surface area contributed by atoms with Crippen LogP contribution in [0.15, 0.2) is 18.2 Å². The molecule has 2 heterocycles. The zero-order valence-corrected chi connectivity index (χ0v) is 11.3. The van der Waals surface area contributed by atoms with Gasteiger partial charge in [0.1, 0.15) is 12.4 Å². The molecule has 3 nitrogen and oxygen atoms in total. The first kappa shape index (κ1) is 11.8. The molecular formula is C15H22N2O. The highest BCUT2D eigenvalue weighted by Gasteiger charge is 2.34. The zero-order chi connectivity index (χ0) is 12.6. The van der Waals surface area contributed by atoms with Crippen LogP contribution in [0.3, 0.4) is 0 Å². The van der Waals surface area contributed by atoms with Crippen molar-refractivity contribution in [3.63, 3.8) is 0 Å². The number of ether oxygens (including phenoxy) is 1. The van der Waals surface area contributed by atoms with Gasteiger partial charge in [-0.2, -0.15) is 0 Å². The van der Waals surface area contributed by atoms with Crippen LogP contribution in [0.1, 0.15) is 25.3 Å². The smallest absolute Gasteiger partial charge is 0.121 e. The standard InChI is InChI=1S/C15H22N2O/c1-15(7-3-9-17(15)2)11-18-13-5-4-12-6-8-16-14(12)10-13/h4-5,10,16H,3,6-9,11H2,1-2H3. The Labute approximate surface area is 109 Å². The van der Waals surface area contributed by atoms with Gasteiger partial charge in [-0.15, -0.1) is 0 Å². The molecule has 3 rings (SSSR count). The Balaban J connectivity index is 1.66. The topological polar surface area (TPSA) is 24.5 Å². The van der Waals surface area contributed by atoms with Crippen LogP contribution in [-0.4, -0.2) is 37.2 Å². The van der Waals surface area contributed by atoms with Gasteiger partial charge in [-0.3, -0.25) is 4.90 Å². The number of anilines is 1. The Kier molecular flexibility index (Phi) is 2.94. The number of fused-ring (bicyclic) bond motifs is 1. The highest BCUT2D eigenvalue weighted by atomic mass is 16.5. The second-order valence-electron chi connectivity index (χ2n) is 5.81. The van der Waals surface area contributed by atoms with E-state index >= 15 is 0 Å². The van der Waals surface area contributed by atoms with E-state index in [4.69, 9.17) is 4.74 Å². The predicted molar refractivity (Wildman–Crippen MR) is 74.4 cm³/mol. The second kappa shape index (κ2) is 4.47. The fourth-order valence-electron chi connectivity index (χ4n) is 2.94. The van der Waals surface area contributed by atoms with Gasteiger partial charge in [0.2, 0.25) is 0 Å². The van der Waals surface area contributed by atoms with Crippen LogP contribution in [0.4, 0.5) is 5.69 Å². The molecule has 1 aromatic carbocycles. The molecule has 2 aliphatic rings. The number of nitrogens with one attached hydrogen (secondary N) is 1. The van der Waals surface area contributed by atoms with Crippen LogP contribution >= 0.6 is 0 Å². The van der Waals surface area contributed by atoms with Gasteiger partial charge in [0.25, 0.3) is 0 Å². The lowest BCUT2D eigenvalue weighted by Gasteiger charge is -2.32. The van der Waals surface area contributed by atoms with E-state index in [0.29, 0.717) is 0 Å². The van der Waals surface area contributed by atoms with Crippen molar-refractivity contribution in [1.82, 2.24) is 4.90 Å². The van der Waals surface area contributed by atoms with Crippen molar-refractivity contribution >= 4 is 5.69 Å². The maximum atomic E-state index is 6.01. The van der Waals surface area contributed by atoms with Gasteiger partial charge in [-0.1, -0.05) is 6.07 Å². The molecule has 0 aromatic heterocycles. The average molecular weight is 246 g/mol. The van der Waals surface area contributed by atoms with Crippen molar-refractivity contribution in [2.45, 2.75) is 31.7 Å². The summed E-state index contributed by atoms with van der Waals surface area (Å²) in [6.45, 7) is 5.32. The van der Waals surface area contributed by atoms with Crippen molar-refractivity contribution in [2.75, 3.05) is 32.1 Å². The molecule has 1 unspecified atom stereocenters. The summed E-state index contributed by atoms with van der Waals surface area (Å²) in [4.78, 5) is 2.42. The molecule has 0 spiro atoms. The van der Waals surface area contributed by atoms with E-state index in [1.807, 2.05) is 0 Å². The molecule has 1 aromatic rings. The van der Waals surface area contributed by atoms with E-state index in [0.717, 1.165) is 25.3 Å². The molecule has 0 amide bonds. The summed E-state index contributed by atoms with van der Waals surface area (Å²) in [6.07, 6.45) is 3.64. The van der Waals surface area contributed by atoms with Gasteiger partial charge in [0.05, 0.1) is 5.54 Å². The van der Waals surface area contributed by atoms with Crippen molar-refractivity contribution < 1.29 is 4.74 Å². The molecule has 0 bridgehead atoms. The largest absolute Gasteiger partial charge is 0.492 e. The molecule has 0 saturated carbocycles. The summed E-state index contributed by atoms with van der Waals surface area (Å²) < 4.78 is 6.01. The second-order valence-corrected chi connectivity index (χ2v) is 5.81. The normalized spacial score (nSPS) is 27.0. The van der Waals surface area contributed by atoms with Crippen LogP contribution in [-0.2, 0) is 6.42 Å². The number of hydrogen-bond acceptors (Lipinski definition) is 3. The molecule has 0 radical (unpaired) electrons. The minimum atomic E-state index is 0.201.